The van der Waals surface area contributed by atoms with Crippen LogP contribution in [0.1, 0.15) is 33.6 Å². The van der Waals surface area contributed by atoms with Crippen molar-refractivity contribution in [2.45, 2.75) is 33.6 Å². The van der Waals surface area contributed by atoms with Gasteiger partial charge in [0.15, 0.2) is 0 Å². The summed E-state index contributed by atoms with van der Waals surface area (Å²) < 4.78 is 31.6. The molecule has 1 saturated heterocycles. The Bertz CT molecular complexity index is 293. The molecule has 1 aliphatic heterocycles. The molecule has 0 spiro atoms. The second-order valence-electron chi connectivity index (χ2n) is 4.34. The van der Waals surface area contributed by atoms with E-state index < -0.39 is 15.4 Å². The summed E-state index contributed by atoms with van der Waals surface area (Å²) >= 11 is 0. The zero-order valence-corrected chi connectivity index (χ0v) is 13.7. The van der Waals surface area contributed by atoms with Crippen molar-refractivity contribution >= 4 is 15.4 Å². The summed E-state index contributed by atoms with van der Waals surface area (Å²) in [5, 5.41) is 0. The number of rotatable bonds is 9. The van der Waals surface area contributed by atoms with E-state index in [0.717, 1.165) is 19.4 Å². The summed E-state index contributed by atoms with van der Waals surface area (Å²) in [6, 6.07) is 0. The summed E-state index contributed by atoms with van der Waals surface area (Å²) in [6.45, 7) is 10.4. The lowest BCUT2D eigenvalue weighted by Gasteiger charge is -2.41. The molecular formula is C11H26NO4P2+. The van der Waals surface area contributed by atoms with E-state index in [4.69, 9.17) is 13.6 Å². The smallest absolute Gasteiger partial charge is 0.316 e. The van der Waals surface area contributed by atoms with Crippen molar-refractivity contribution < 1.29 is 18.1 Å². The van der Waals surface area contributed by atoms with Gasteiger partial charge in [-0.15, -0.1) is 0 Å². The molecule has 0 saturated carbocycles. The fraction of sp³-hybridized carbons (Fsp3) is 1.00. The van der Waals surface area contributed by atoms with E-state index in [9.17, 15) is 4.57 Å². The Balaban J connectivity index is 2.72. The van der Waals surface area contributed by atoms with Crippen molar-refractivity contribution in [3.63, 3.8) is 0 Å². The standard InChI is InChI=1S/C11H26NO4P2/c1-5-9-15-17(4,16-10-6-2)12-8-11-18(12,13)14-7-3/h5-11H2,1-4H3/q+1. The molecule has 5 nitrogen and oxygen atoms in total. The van der Waals surface area contributed by atoms with E-state index in [2.05, 4.69) is 13.8 Å². The van der Waals surface area contributed by atoms with Crippen LogP contribution in [-0.2, 0) is 18.1 Å². The fourth-order valence-corrected chi connectivity index (χ4v) is 7.91. The second-order valence-corrected chi connectivity index (χ2v) is 9.73. The lowest BCUT2D eigenvalue weighted by Crippen LogP contribution is -2.38. The molecule has 0 aromatic heterocycles. The summed E-state index contributed by atoms with van der Waals surface area (Å²) in [4.78, 5) is 0. The van der Waals surface area contributed by atoms with Gasteiger partial charge in [0.2, 0.25) is 0 Å². The van der Waals surface area contributed by atoms with Crippen LogP contribution in [0.25, 0.3) is 0 Å². The van der Waals surface area contributed by atoms with Crippen molar-refractivity contribution in [3.05, 3.63) is 0 Å². The molecule has 0 radical (unpaired) electrons. The average Bonchev–Trinajstić information content (AvgIpc) is 2.33. The molecule has 0 aliphatic carbocycles. The van der Waals surface area contributed by atoms with Gasteiger partial charge in [-0.1, -0.05) is 13.8 Å². The van der Waals surface area contributed by atoms with E-state index in [1.165, 1.54) is 0 Å². The lowest BCUT2D eigenvalue weighted by molar-refractivity contribution is 0.190. The normalized spacial score (nSPS) is 25.1. The molecule has 0 amide bonds. The molecule has 0 aromatic rings. The number of hydrogen-bond donors (Lipinski definition) is 0. The van der Waals surface area contributed by atoms with Crippen LogP contribution in [0.3, 0.4) is 0 Å². The highest BCUT2D eigenvalue weighted by Gasteiger charge is 2.60. The Morgan fingerprint density at radius 3 is 2.06 bits per heavy atom. The molecule has 1 aliphatic rings. The molecule has 1 heterocycles. The minimum Gasteiger partial charge on any atom is -0.316 e. The molecule has 1 rings (SSSR count). The molecule has 0 aromatic carbocycles. The van der Waals surface area contributed by atoms with Gasteiger partial charge in [-0.3, -0.25) is 4.57 Å². The average molecular weight is 298 g/mol. The number of hydrogen-bond acceptors (Lipinski definition) is 4. The molecule has 7 heteroatoms. The molecule has 1 unspecified atom stereocenters. The predicted molar refractivity (Wildman–Crippen MR) is 76.1 cm³/mol. The van der Waals surface area contributed by atoms with Crippen LogP contribution in [0.15, 0.2) is 0 Å². The van der Waals surface area contributed by atoms with Gasteiger partial charge < -0.3 is 4.52 Å². The van der Waals surface area contributed by atoms with Crippen LogP contribution in [0.2, 0.25) is 0 Å². The number of nitrogens with zero attached hydrogens (tertiary/aromatic N) is 1. The molecule has 0 bridgehead atoms. The molecular weight excluding hydrogens is 272 g/mol. The summed E-state index contributed by atoms with van der Waals surface area (Å²) in [5.74, 6) is 0. The quantitative estimate of drug-likeness (QED) is 0.606. The van der Waals surface area contributed by atoms with Crippen molar-refractivity contribution in [2.75, 3.05) is 39.2 Å². The topological polar surface area (TPSA) is 48.0 Å². The third-order valence-corrected chi connectivity index (χ3v) is 9.24. The van der Waals surface area contributed by atoms with Crippen LogP contribution in [0.5, 0.6) is 0 Å². The van der Waals surface area contributed by atoms with Gasteiger partial charge >= 0.3 is 15.4 Å². The largest absolute Gasteiger partial charge is 0.353 e. The Morgan fingerprint density at radius 2 is 1.72 bits per heavy atom. The van der Waals surface area contributed by atoms with E-state index in [0.29, 0.717) is 26.0 Å². The van der Waals surface area contributed by atoms with E-state index in [1.54, 1.807) is 0 Å². The maximum atomic E-state index is 12.5. The third kappa shape index (κ3) is 3.75. The van der Waals surface area contributed by atoms with Crippen molar-refractivity contribution in [3.8, 4) is 0 Å². The lowest BCUT2D eigenvalue weighted by atomic mass is 10.5. The Hall–Kier alpha value is 0.500. The first-order valence-electron chi connectivity index (χ1n) is 6.70. The SMILES string of the molecule is CCCO[P+](C)(OCCC)N1CCP1(=O)OCC. The van der Waals surface area contributed by atoms with Gasteiger partial charge in [0.05, 0.1) is 32.5 Å². The van der Waals surface area contributed by atoms with Crippen molar-refractivity contribution in [2.24, 2.45) is 0 Å². The highest BCUT2D eigenvalue weighted by molar-refractivity contribution is 7.76. The van der Waals surface area contributed by atoms with E-state index in [1.807, 2.05) is 18.0 Å². The van der Waals surface area contributed by atoms with Crippen molar-refractivity contribution in [1.82, 2.24) is 4.44 Å². The third-order valence-electron chi connectivity index (χ3n) is 2.75. The highest BCUT2D eigenvalue weighted by atomic mass is 31.3. The van der Waals surface area contributed by atoms with E-state index >= 15 is 0 Å². The Morgan fingerprint density at radius 1 is 1.17 bits per heavy atom. The van der Waals surface area contributed by atoms with Gasteiger partial charge in [-0.2, -0.15) is 9.05 Å². The summed E-state index contributed by atoms with van der Waals surface area (Å²) in [5.41, 5.74) is 0. The minimum absolute atomic E-state index is 0.468. The zero-order valence-electron chi connectivity index (χ0n) is 11.9. The van der Waals surface area contributed by atoms with Crippen LogP contribution in [-0.4, -0.2) is 43.6 Å². The van der Waals surface area contributed by atoms with Gasteiger partial charge in [0.25, 0.3) is 0 Å². The van der Waals surface area contributed by atoms with Crippen LogP contribution in [0, 0.1) is 0 Å². The predicted octanol–water partition coefficient (Wildman–Crippen LogP) is 3.78. The summed E-state index contributed by atoms with van der Waals surface area (Å²) in [7, 11) is -4.88. The Labute approximate surface area is 111 Å². The van der Waals surface area contributed by atoms with Gasteiger partial charge in [-0.05, 0) is 24.2 Å². The van der Waals surface area contributed by atoms with E-state index in [-0.39, 0.29) is 0 Å². The van der Waals surface area contributed by atoms with Crippen LogP contribution in [0.4, 0.5) is 0 Å². The first-order valence-corrected chi connectivity index (χ1v) is 10.5. The molecule has 18 heavy (non-hydrogen) atoms. The Kier molecular flexibility index (Phi) is 6.74. The monoisotopic (exact) mass is 298 g/mol. The molecule has 1 atom stereocenters. The maximum absolute atomic E-state index is 12.5. The minimum atomic E-state index is -2.67. The van der Waals surface area contributed by atoms with Gasteiger partial charge in [0.1, 0.15) is 6.66 Å². The second kappa shape index (κ2) is 7.33. The van der Waals surface area contributed by atoms with Gasteiger partial charge in [-0.25, -0.2) is 0 Å². The van der Waals surface area contributed by atoms with Crippen LogP contribution < -0.4 is 0 Å². The zero-order chi connectivity index (χ0) is 13.6. The fourth-order valence-electron chi connectivity index (χ4n) is 1.81. The summed E-state index contributed by atoms with van der Waals surface area (Å²) in [6.07, 6.45) is 2.47. The first kappa shape index (κ1) is 16.6. The highest BCUT2D eigenvalue weighted by Crippen LogP contribution is 2.77. The van der Waals surface area contributed by atoms with Gasteiger partial charge in [0, 0.05) is 0 Å². The maximum Gasteiger partial charge on any atom is 0.353 e. The first-order chi connectivity index (χ1) is 8.52. The van der Waals surface area contributed by atoms with Crippen molar-refractivity contribution in [1.29, 1.82) is 0 Å². The van der Waals surface area contributed by atoms with Crippen LogP contribution >= 0.6 is 15.4 Å². The molecule has 0 N–H and O–H groups in total. The molecule has 1 fully saturated rings. The molecule has 108 valence electrons.